The average molecular weight is 503 g/mol. The Balaban J connectivity index is 5.65. The van der Waals surface area contributed by atoms with Gasteiger partial charge in [0.2, 0.25) is 0 Å². The van der Waals surface area contributed by atoms with Crippen LogP contribution < -0.4 is 0 Å². The zero-order valence-electron chi connectivity index (χ0n) is 24.3. The maximum atomic E-state index is 13.7. The molecule has 0 aliphatic heterocycles. The van der Waals surface area contributed by atoms with Gasteiger partial charge in [-0.25, -0.2) is 0 Å². The van der Waals surface area contributed by atoms with E-state index >= 15 is 0 Å². The first-order valence-corrected chi connectivity index (χ1v) is 16.6. The SMILES string of the molecule is CCCCCC(CCCC)(CCCCC)O[PH](=O)OC(CCCC)(CCCCC)CCCCC. The Kier molecular flexibility index (Phi) is 22.5. The highest BCUT2D eigenvalue weighted by Gasteiger charge is 2.36. The molecule has 0 aliphatic carbocycles. The Hall–Kier alpha value is 0.150. The van der Waals surface area contributed by atoms with Gasteiger partial charge in [0.1, 0.15) is 0 Å². The van der Waals surface area contributed by atoms with Gasteiger partial charge in [0.15, 0.2) is 0 Å². The van der Waals surface area contributed by atoms with E-state index in [-0.39, 0.29) is 11.2 Å². The van der Waals surface area contributed by atoms with Crippen molar-refractivity contribution in [3.63, 3.8) is 0 Å². The van der Waals surface area contributed by atoms with Gasteiger partial charge >= 0.3 is 8.25 Å². The van der Waals surface area contributed by atoms with Crippen LogP contribution >= 0.6 is 8.25 Å². The third-order valence-electron chi connectivity index (χ3n) is 7.52. The van der Waals surface area contributed by atoms with E-state index in [1.54, 1.807) is 0 Å². The number of hydrogen-bond donors (Lipinski definition) is 0. The summed E-state index contributed by atoms with van der Waals surface area (Å²) in [5, 5.41) is 0. The molecule has 0 aromatic carbocycles. The average Bonchev–Trinajstić information content (AvgIpc) is 2.82. The quantitative estimate of drug-likeness (QED) is 0.0871. The highest BCUT2D eigenvalue weighted by molar-refractivity contribution is 7.33. The Labute approximate surface area is 215 Å². The maximum Gasteiger partial charge on any atom is 0.320 e. The Morgan fingerprint density at radius 2 is 0.647 bits per heavy atom. The molecule has 0 atom stereocenters. The van der Waals surface area contributed by atoms with Gasteiger partial charge in [-0.3, -0.25) is 4.57 Å². The molecular weight excluding hydrogens is 439 g/mol. The van der Waals surface area contributed by atoms with E-state index < -0.39 is 8.25 Å². The minimum Gasteiger partial charge on any atom is -0.304 e. The fourth-order valence-electron chi connectivity index (χ4n) is 5.22. The first kappa shape index (κ1) is 34.1. The lowest BCUT2D eigenvalue weighted by Gasteiger charge is -2.38. The zero-order chi connectivity index (χ0) is 25.5. The number of unbranched alkanes of at least 4 members (excludes halogenated alkanes) is 10. The van der Waals surface area contributed by atoms with E-state index in [4.69, 9.17) is 9.05 Å². The van der Waals surface area contributed by atoms with Gasteiger partial charge in [-0.1, -0.05) is 144 Å². The van der Waals surface area contributed by atoms with E-state index in [0.717, 1.165) is 89.9 Å². The molecule has 0 aliphatic rings. The van der Waals surface area contributed by atoms with E-state index in [2.05, 4.69) is 41.5 Å². The molecule has 0 aromatic rings. The molecule has 0 spiro atoms. The summed E-state index contributed by atoms with van der Waals surface area (Å²) in [4.78, 5) is 0. The van der Waals surface area contributed by atoms with Crippen molar-refractivity contribution < 1.29 is 13.6 Å². The predicted molar refractivity (Wildman–Crippen MR) is 152 cm³/mol. The molecule has 0 fully saturated rings. The summed E-state index contributed by atoms with van der Waals surface area (Å²) in [6, 6.07) is 0. The van der Waals surface area contributed by atoms with Crippen molar-refractivity contribution in [3.8, 4) is 0 Å². The molecule has 0 rings (SSSR count). The van der Waals surface area contributed by atoms with Crippen LogP contribution in [0.2, 0.25) is 0 Å². The molecule has 0 unspecified atom stereocenters. The summed E-state index contributed by atoms with van der Waals surface area (Å²) in [7, 11) is -2.56. The summed E-state index contributed by atoms with van der Waals surface area (Å²) in [5.41, 5.74) is -0.528. The molecule has 0 amide bonds. The molecule has 0 N–H and O–H groups in total. The molecule has 34 heavy (non-hydrogen) atoms. The van der Waals surface area contributed by atoms with Crippen LogP contribution in [0, 0.1) is 0 Å². The van der Waals surface area contributed by atoms with Crippen LogP contribution in [-0.4, -0.2) is 11.2 Å². The lowest BCUT2D eigenvalue weighted by atomic mass is 9.85. The van der Waals surface area contributed by atoms with E-state index in [1.807, 2.05) is 0 Å². The monoisotopic (exact) mass is 502 g/mol. The van der Waals surface area contributed by atoms with Gasteiger partial charge in [0.25, 0.3) is 0 Å². The Bertz CT molecular complexity index is 406. The lowest BCUT2D eigenvalue weighted by molar-refractivity contribution is -0.0181. The van der Waals surface area contributed by atoms with Crippen LogP contribution in [0.5, 0.6) is 0 Å². The molecule has 0 heterocycles. The van der Waals surface area contributed by atoms with E-state index in [1.165, 1.54) is 51.4 Å². The Morgan fingerprint density at radius 3 is 0.882 bits per heavy atom. The smallest absolute Gasteiger partial charge is 0.304 e. The highest BCUT2D eigenvalue weighted by atomic mass is 31.1. The Morgan fingerprint density at radius 1 is 0.412 bits per heavy atom. The summed E-state index contributed by atoms with van der Waals surface area (Å²) < 4.78 is 26.9. The van der Waals surface area contributed by atoms with Crippen molar-refractivity contribution in [3.05, 3.63) is 0 Å². The van der Waals surface area contributed by atoms with Gasteiger partial charge in [0.05, 0.1) is 11.2 Å². The second kappa shape index (κ2) is 22.4. The molecular formula is C30H63O3P. The highest BCUT2D eigenvalue weighted by Crippen LogP contribution is 2.47. The second-order valence-corrected chi connectivity index (χ2v) is 11.8. The van der Waals surface area contributed by atoms with Gasteiger partial charge in [-0.15, -0.1) is 0 Å². The summed E-state index contributed by atoms with van der Waals surface area (Å²) in [6.45, 7) is 13.5. The molecule has 0 aromatic heterocycles. The normalized spacial score (nSPS) is 12.7. The molecule has 0 saturated heterocycles. The number of rotatable bonds is 26. The van der Waals surface area contributed by atoms with Crippen molar-refractivity contribution in [2.24, 2.45) is 0 Å². The minimum absolute atomic E-state index is 0.264. The molecule has 0 radical (unpaired) electrons. The van der Waals surface area contributed by atoms with Gasteiger partial charge < -0.3 is 9.05 Å². The number of hydrogen-bond acceptors (Lipinski definition) is 3. The van der Waals surface area contributed by atoms with Crippen molar-refractivity contribution in [1.29, 1.82) is 0 Å². The van der Waals surface area contributed by atoms with Crippen molar-refractivity contribution in [2.45, 2.75) is 194 Å². The van der Waals surface area contributed by atoms with E-state index in [0.29, 0.717) is 0 Å². The summed E-state index contributed by atoms with van der Waals surface area (Å²) in [6.07, 6.45) is 25.1. The molecule has 0 bridgehead atoms. The molecule has 0 saturated carbocycles. The first-order valence-electron chi connectivity index (χ1n) is 15.4. The van der Waals surface area contributed by atoms with Crippen LogP contribution in [-0.2, 0) is 13.6 Å². The third kappa shape index (κ3) is 16.0. The van der Waals surface area contributed by atoms with Crippen molar-refractivity contribution >= 4 is 8.25 Å². The van der Waals surface area contributed by atoms with Crippen LogP contribution in [0.3, 0.4) is 0 Å². The lowest BCUT2D eigenvalue weighted by Crippen LogP contribution is -2.34. The van der Waals surface area contributed by atoms with Crippen molar-refractivity contribution in [2.75, 3.05) is 0 Å². The van der Waals surface area contributed by atoms with Crippen LogP contribution in [0.1, 0.15) is 183 Å². The molecule has 206 valence electrons. The predicted octanol–water partition coefficient (Wildman–Crippen LogP) is 11.6. The fraction of sp³-hybridized carbons (Fsp3) is 1.00. The van der Waals surface area contributed by atoms with Crippen LogP contribution in [0.4, 0.5) is 0 Å². The second-order valence-electron chi connectivity index (χ2n) is 10.9. The zero-order valence-corrected chi connectivity index (χ0v) is 25.3. The fourth-order valence-corrected chi connectivity index (χ4v) is 6.58. The largest absolute Gasteiger partial charge is 0.320 e. The van der Waals surface area contributed by atoms with Gasteiger partial charge in [0, 0.05) is 0 Å². The van der Waals surface area contributed by atoms with Gasteiger partial charge in [-0.2, -0.15) is 0 Å². The first-order chi connectivity index (χ1) is 16.5. The third-order valence-corrected chi connectivity index (χ3v) is 8.71. The standard InChI is InChI=1S/C30H63O3P/c1-7-13-19-25-29(23-17-11-5,26-20-14-8-2)32-34(31)33-30(24-18-12-6,27-21-15-9-3)28-22-16-10-4/h34H,7-28H2,1-6H3. The summed E-state index contributed by atoms with van der Waals surface area (Å²) in [5.74, 6) is 0. The maximum absolute atomic E-state index is 13.7. The van der Waals surface area contributed by atoms with E-state index in [9.17, 15) is 4.57 Å². The van der Waals surface area contributed by atoms with Crippen molar-refractivity contribution in [1.82, 2.24) is 0 Å². The minimum atomic E-state index is -2.56. The summed E-state index contributed by atoms with van der Waals surface area (Å²) >= 11 is 0. The molecule has 3 nitrogen and oxygen atoms in total. The van der Waals surface area contributed by atoms with Crippen LogP contribution in [0.15, 0.2) is 0 Å². The van der Waals surface area contributed by atoms with Gasteiger partial charge in [-0.05, 0) is 38.5 Å². The van der Waals surface area contributed by atoms with Crippen LogP contribution in [0.25, 0.3) is 0 Å². The topological polar surface area (TPSA) is 35.5 Å². The molecule has 4 heteroatoms.